The Morgan fingerprint density at radius 2 is 1.82 bits per heavy atom. The molecule has 0 heterocycles. The first-order chi connectivity index (χ1) is 5.20. The Morgan fingerprint density at radius 1 is 1.36 bits per heavy atom. The Balaban J connectivity index is 0. The zero-order valence-electron chi connectivity index (χ0n) is 7.43. The van der Waals surface area contributed by atoms with E-state index < -0.39 is 0 Å². The van der Waals surface area contributed by atoms with Crippen LogP contribution in [0.15, 0.2) is 49.2 Å². The van der Waals surface area contributed by atoms with Gasteiger partial charge in [0, 0.05) is 5.70 Å². The van der Waals surface area contributed by atoms with E-state index >= 15 is 0 Å². The fraction of sp³-hybridized carbons (Fsp3) is 0.200. The van der Waals surface area contributed by atoms with Gasteiger partial charge in [-0.2, -0.15) is 0 Å². The Kier molecular flexibility index (Phi) is 9.90. The second-order valence-electron chi connectivity index (χ2n) is 1.88. The molecule has 11 heavy (non-hydrogen) atoms. The molecule has 0 aromatic carbocycles. The molecule has 0 aliphatic carbocycles. The van der Waals surface area contributed by atoms with Crippen LogP contribution in [0.1, 0.15) is 13.8 Å². The number of hydrogen-bond donors (Lipinski definition) is 1. The van der Waals surface area contributed by atoms with Gasteiger partial charge >= 0.3 is 0 Å². The molecule has 2 N–H and O–H groups in total. The van der Waals surface area contributed by atoms with E-state index in [1.165, 1.54) is 0 Å². The molecule has 0 saturated heterocycles. The van der Waals surface area contributed by atoms with Crippen molar-refractivity contribution in [3.8, 4) is 0 Å². The lowest BCUT2D eigenvalue weighted by atomic mass is 10.2. The average molecular weight is 151 g/mol. The fourth-order valence-corrected chi connectivity index (χ4v) is 0.523. The molecule has 0 aromatic rings. The first-order valence-electron chi connectivity index (χ1n) is 3.43. The summed E-state index contributed by atoms with van der Waals surface area (Å²) < 4.78 is 0. The van der Waals surface area contributed by atoms with Gasteiger partial charge in [-0.1, -0.05) is 18.7 Å². The van der Waals surface area contributed by atoms with Crippen molar-refractivity contribution in [1.29, 1.82) is 0 Å². The second-order valence-corrected chi connectivity index (χ2v) is 1.88. The highest BCUT2D eigenvalue weighted by Crippen LogP contribution is 1.98. The summed E-state index contributed by atoms with van der Waals surface area (Å²) in [6.45, 7) is 13.4. The maximum absolute atomic E-state index is 5.42. The number of nitrogens with two attached hydrogens (primary N) is 1. The first kappa shape index (κ1) is 12.4. The highest BCUT2D eigenvalue weighted by Gasteiger charge is 1.80. The molecule has 0 saturated carbocycles. The summed E-state index contributed by atoms with van der Waals surface area (Å²) in [6.07, 6.45) is 5.62. The summed E-state index contributed by atoms with van der Waals surface area (Å²) in [6, 6.07) is 0. The van der Waals surface area contributed by atoms with Crippen molar-refractivity contribution in [1.82, 2.24) is 0 Å². The summed E-state index contributed by atoms with van der Waals surface area (Å²) in [5, 5.41) is 0. The van der Waals surface area contributed by atoms with Gasteiger partial charge in [0.05, 0.1) is 0 Å². The van der Waals surface area contributed by atoms with Crippen molar-refractivity contribution in [2.24, 2.45) is 5.73 Å². The van der Waals surface area contributed by atoms with Gasteiger partial charge in [0.15, 0.2) is 0 Å². The van der Waals surface area contributed by atoms with E-state index in [0.29, 0.717) is 0 Å². The minimum Gasteiger partial charge on any atom is -0.402 e. The predicted octanol–water partition coefficient (Wildman–Crippen LogP) is 2.78. The second kappa shape index (κ2) is 8.76. The maximum Gasteiger partial charge on any atom is 0.00547 e. The molecule has 1 nitrogen and oxygen atoms in total. The lowest BCUT2D eigenvalue weighted by Gasteiger charge is -1.91. The van der Waals surface area contributed by atoms with E-state index in [4.69, 9.17) is 5.73 Å². The number of hydrogen-bond acceptors (Lipinski definition) is 1. The van der Waals surface area contributed by atoms with Gasteiger partial charge in [-0.25, -0.2) is 0 Å². The molecule has 62 valence electrons. The molecule has 0 amide bonds. The standard InChI is InChI=1S/C8H13N.C2H4/c1-4-8(5-2)6-7(3)9;1-2/h4-6H,1,9H2,2-3H3;1-2H2/b7-6+,8-5+;. The Bertz CT molecular complexity index is 160. The lowest BCUT2D eigenvalue weighted by molar-refractivity contribution is 1.30. The largest absolute Gasteiger partial charge is 0.402 e. The van der Waals surface area contributed by atoms with Crippen LogP contribution in [0.3, 0.4) is 0 Å². The van der Waals surface area contributed by atoms with Gasteiger partial charge in [-0.3, -0.25) is 0 Å². The Labute approximate surface area is 69.6 Å². The SMILES string of the molecule is C=C.C=CC(/C=C(\C)N)=C\C. The average Bonchev–Trinajstić information content (AvgIpc) is 2.03. The molecule has 0 aliphatic rings. The first-order valence-corrected chi connectivity index (χ1v) is 3.43. The molecular formula is C10H17N. The van der Waals surface area contributed by atoms with Crippen LogP contribution >= 0.6 is 0 Å². The zero-order valence-corrected chi connectivity index (χ0v) is 7.43. The van der Waals surface area contributed by atoms with Crippen molar-refractivity contribution in [2.75, 3.05) is 0 Å². The van der Waals surface area contributed by atoms with Crippen LogP contribution in [0, 0.1) is 0 Å². The van der Waals surface area contributed by atoms with Crippen molar-refractivity contribution in [3.05, 3.63) is 49.2 Å². The Hall–Kier alpha value is -1.24. The van der Waals surface area contributed by atoms with Crippen LogP contribution in [-0.4, -0.2) is 0 Å². The fourth-order valence-electron chi connectivity index (χ4n) is 0.523. The van der Waals surface area contributed by atoms with Crippen LogP contribution in [0.5, 0.6) is 0 Å². The molecule has 0 fully saturated rings. The van der Waals surface area contributed by atoms with Crippen LogP contribution in [0.25, 0.3) is 0 Å². The van der Waals surface area contributed by atoms with Crippen molar-refractivity contribution in [3.63, 3.8) is 0 Å². The van der Waals surface area contributed by atoms with Gasteiger partial charge < -0.3 is 5.73 Å². The van der Waals surface area contributed by atoms with Gasteiger partial charge in [-0.05, 0) is 25.5 Å². The third-order valence-corrected chi connectivity index (χ3v) is 0.963. The minimum atomic E-state index is 0.808. The monoisotopic (exact) mass is 151 g/mol. The summed E-state index contributed by atoms with van der Waals surface area (Å²) in [5.41, 5.74) is 7.29. The molecule has 0 bridgehead atoms. The molecular weight excluding hydrogens is 134 g/mol. The maximum atomic E-state index is 5.42. The quantitative estimate of drug-likeness (QED) is 0.476. The van der Waals surface area contributed by atoms with Crippen LogP contribution in [-0.2, 0) is 0 Å². The zero-order chi connectivity index (χ0) is 9.28. The highest BCUT2D eigenvalue weighted by atomic mass is 14.5. The number of allylic oxidation sites excluding steroid dienone is 5. The molecule has 0 aromatic heterocycles. The summed E-state index contributed by atoms with van der Waals surface area (Å²) in [4.78, 5) is 0. The summed E-state index contributed by atoms with van der Waals surface area (Å²) in [5.74, 6) is 0. The predicted molar refractivity (Wildman–Crippen MR) is 53.2 cm³/mol. The van der Waals surface area contributed by atoms with Gasteiger partial charge in [0.2, 0.25) is 0 Å². The molecule has 0 unspecified atom stereocenters. The van der Waals surface area contributed by atoms with Crippen molar-refractivity contribution < 1.29 is 0 Å². The van der Waals surface area contributed by atoms with E-state index in [1.807, 2.05) is 26.0 Å². The van der Waals surface area contributed by atoms with E-state index in [1.54, 1.807) is 6.08 Å². The highest BCUT2D eigenvalue weighted by molar-refractivity contribution is 5.29. The topological polar surface area (TPSA) is 26.0 Å². The van der Waals surface area contributed by atoms with Crippen molar-refractivity contribution in [2.45, 2.75) is 13.8 Å². The smallest absolute Gasteiger partial charge is 0.00547 e. The summed E-state index contributed by atoms with van der Waals surface area (Å²) in [7, 11) is 0. The third-order valence-electron chi connectivity index (χ3n) is 0.963. The minimum absolute atomic E-state index is 0.808. The van der Waals surface area contributed by atoms with Crippen LogP contribution in [0.4, 0.5) is 0 Å². The van der Waals surface area contributed by atoms with E-state index in [2.05, 4.69) is 19.7 Å². The van der Waals surface area contributed by atoms with E-state index in [0.717, 1.165) is 11.3 Å². The van der Waals surface area contributed by atoms with Crippen LogP contribution < -0.4 is 5.73 Å². The van der Waals surface area contributed by atoms with E-state index in [-0.39, 0.29) is 0 Å². The van der Waals surface area contributed by atoms with Gasteiger partial charge in [-0.15, -0.1) is 13.2 Å². The van der Waals surface area contributed by atoms with Gasteiger partial charge in [0.1, 0.15) is 0 Å². The normalized spacial score (nSPS) is 11.5. The molecule has 0 spiro atoms. The number of rotatable bonds is 2. The van der Waals surface area contributed by atoms with Crippen molar-refractivity contribution >= 4 is 0 Å². The Morgan fingerprint density at radius 3 is 1.91 bits per heavy atom. The van der Waals surface area contributed by atoms with Gasteiger partial charge in [0.25, 0.3) is 0 Å². The summed E-state index contributed by atoms with van der Waals surface area (Å²) >= 11 is 0. The molecule has 0 aliphatic heterocycles. The molecule has 0 atom stereocenters. The lowest BCUT2D eigenvalue weighted by Crippen LogP contribution is -1.89. The van der Waals surface area contributed by atoms with Crippen LogP contribution in [0.2, 0.25) is 0 Å². The molecule has 1 heteroatoms. The molecule has 0 radical (unpaired) electrons. The third kappa shape index (κ3) is 8.76. The van der Waals surface area contributed by atoms with E-state index in [9.17, 15) is 0 Å². The molecule has 0 rings (SSSR count).